The van der Waals surface area contributed by atoms with E-state index in [1.807, 2.05) is 37.3 Å². The zero-order valence-corrected chi connectivity index (χ0v) is 30.9. The van der Waals surface area contributed by atoms with Crippen LogP contribution in [0.3, 0.4) is 0 Å². The molecule has 0 radical (unpaired) electrons. The highest BCUT2D eigenvalue weighted by Gasteiger charge is 2.18. The first-order valence-corrected chi connectivity index (χ1v) is 17.9. The first-order chi connectivity index (χ1) is 23.7. The number of rotatable bonds is 23. The van der Waals surface area contributed by atoms with E-state index in [4.69, 9.17) is 25.5 Å². The van der Waals surface area contributed by atoms with Gasteiger partial charge in [0.25, 0.3) is 0 Å². The molecule has 0 bridgehead atoms. The van der Waals surface area contributed by atoms with Gasteiger partial charge in [0.15, 0.2) is 0 Å². The average Bonchev–Trinajstić information content (AvgIpc) is 3.42. The van der Waals surface area contributed by atoms with Crippen molar-refractivity contribution in [1.82, 2.24) is 0 Å². The number of hydrogen-bond donors (Lipinski definition) is 0. The van der Waals surface area contributed by atoms with Crippen LogP contribution in [0.25, 0.3) is 4.85 Å². The van der Waals surface area contributed by atoms with Gasteiger partial charge >= 0.3 is 0 Å². The van der Waals surface area contributed by atoms with Gasteiger partial charge in [-0.15, -0.1) is 11.3 Å². The Balaban J connectivity index is 1.47. The summed E-state index contributed by atoms with van der Waals surface area (Å²) >= 11 is 1.19. The SMILES string of the molecule is [C-]#[N+]c1c(N=Nc2ccc(N(CC)CC(OCCOCCOCCOCC[N+](C)(C)CCCC)c3ccccc3)cc2C)sc(C#N)c1C. The third-order valence-corrected chi connectivity index (χ3v) is 9.36. The maximum Gasteiger partial charge on any atom is 0.229 e. The van der Waals surface area contributed by atoms with Crippen molar-refractivity contribution in [2.24, 2.45) is 10.2 Å². The average molecular weight is 690 g/mol. The van der Waals surface area contributed by atoms with E-state index in [-0.39, 0.29) is 6.10 Å². The van der Waals surface area contributed by atoms with E-state index in [1.54, 1.807) is 6.92 Å². The largest absolute Gasteiger partial charge is 0.377 e. The lowest BCUT2D eigenvalue weighted by Crippen LogP contribution is -2.43. The lowest BCUT2D eigenvalue weighted by atomic mass is 10.1. The molecule has 0 N–H and O–H groups in total. The van der Waals surface area contributed by atoms with Crippen LogP contribution in [-0.2, 0) is 18.9 Å². The molecule has 0 aliphatic carbocycles. The van der Waals surface area contributed by atoms with Crippen LogP contribution in [0.5, 0.6) is 0 Å². The fourth-order valence-electron chi connectivity index (χ4n) is 5.18. The molecule has 0 amide bonds. The molecule has 3 aromatic rings. The molecule has 1 aromatic heterocycles. The number of hydrogen-bond acceptors (Lipinski definition) is 9. The van der Waals surface area contributed by atoms with Crippen LogP contribution in [0.2, 0.25) is 0 Å². The maximum absolute atomic E-state index is 9.34. The molecule has 0 aliphatic rings. The zero-order valence-electron chi connectivity index (χ0n) is 30.1. The van der Waals surface area contributed by atoms with Gasteiger partial charge in [0.05, 0.1) is 84.0 Å². The summed E-state index contributed by atoms with van der Waals surface area (Å²) in [6, 6.07) is 18.5. The molecule has 0 fully saturated rings. The van der Waals surface area contributed by atoms with Crippen molar-refractivity contribution in [2.75, 3.05) is 91.4 Å². The lowest BCUT2D eigenvalue weighted by Gasteiger charge is -2.29. The van der Waals surface area contributed by atoms with Crippen LogP contribution in [0.15, 0.2) is 58.8 Å². The van der Waals surface area contributed by atoms with Crippen LogP contribution in [-0.4, -0.2) is 91.0 Å². The summed E-state index contributed by atoms with van der Waals surface area (Å²) in [6.07, 6.45) is 2.32. The topological polar surface area (TPSA) is 93.0 Å². The van der Waals surface area contributed by atoms with Crippen LogP contribution >= 0.6 is 11.3 Å². The summed E-state index contributed by atoms with van der Waals surface area (Å²) in [5, 5.41) is 18.6. The van der Waals surface area contributed by atoms with Gasteiger partial charge in [-0.05, 0) is 62.1 Å². The molecule has 3 rings (SSSR count). The second-order valence-corrected chi connectivity index (χ2v) is 13.5. The number of aryl methyl sites for hydroxylation is 1. The first-order valence-electron chi connectivity index (χ1n) is 17.1. The van der Waals surface area contributed by atoms with Crippen LogP contribution < -0.4 is 4.90 Å². The van der Waals surface area contributed by atoms with Crippen molar-refractivity contribution in [3.05, 3.63) is 81.5 Å². The Hall–Kier alpha value is -3.68. The summed E-state index contributed by atoms with van der Waals surface area (Å²) in [7, 11) is 4.51. The van der Waals surface area contributed by atoms with Crippen molar-refractivity contribution in [3.8, 4) is 6.07 Å². The smallest absolute Gasteiger partial charge is 0.229 e. The summed E-state index contributed by atoms with van der Waals surface area (Å²) in [4.78, 5) is 6.33. The van der Waals surface area contributed by atoms with Crippen molar-refractivity contribution >= 4 is 33.4 Å². The van der Waals surface area contributed by atoms with Crippen molar-refractivity contribution in [1.29, 1.82) is 5.26 Å². The van der Waals surface area contributed by atoms with Crippen molar-refractivity contribution in [2.45, 2.75) is 46.6 Å². The molecule has 11 heteroatoms. The molecular weight excluding hydrogens is 637 g/mol. The lowest BCUT2D eigenvalue weighted by molar-refractivity contribution is -0.890. The maximum atomic E-state index is 9.34. The first kappa shape index (κ1) is 39.8. The van der Waals surface area contributed by atoms with Gasteiger partial charge in [0.2, 0.25) is 5.69 Å². The minimum atomic E-state index is -0.146. The second-order valence-electron chi connectivity index (χ2n) is 12.5. The van der Waals surface area contributed by atoms with Crippen LogP contribution in [0.1, 0.15) is 54.4 Å². The van der Waals surface area contributed by atoms with Crippen molar-refractivity contribution < 1.29 is 23.4 Å². The highest BCUT2D eigenvalue weighted by atomic mass is 32.1. The Morgan fingerprint density at radius 3 is 2.20 bits per heavy atom. The number of thiophene rings is 1. The number of likely N-dealkylation sites (N-methyl/N-ethyl adjacent to an activating group) is 2. The van der Waals surface area contributed by atoms with Gasteiger partial charge in [-0.25, -0.2) is 4.85 Å². The van der Waals surface area contributed by atoms with Crippen LogP contribution in [0.4, 0.5) is 22.1 Å². The number of benzene rings is 2. The fourth-order valence-corrected chi connectivity index (χ4v) is 6.05. The highest BCUT2D eigenvalue weighted by Crippen LogP contribution is 2.42. The summed E-state index contributed by atoms with van der Waals surface area (Å²) in [5.41, 5.74) is 4.88. The van der Waals surface area contributed by atoms with E-state index >= 15 is 0 Å². The van der Waals surface area contributed by atoms with Gasteiger partial charge < -0.3 is 28.3 Å². The quantitative estimate of drug-likeness (QED) is 0.0428. The van der Waals surface area contributed by atoms with Gasteiger partial charge in [-0.3, -0.25) is 0 Å². The molecule has 0 spiro atoms. The molecule has 1 atom stereocenters. The number of unbranched alkanes of at least 4 members (excludes halogenated alkanes) is 1. The Morgan fingerprint density at radius 2 is 1.59 bits per heavy atom. The zero-order chi connectivity index (χ0) is 35.5. The predicted octanol–water partition coefficient (Wildman–Crippen LogP) is 8.71. The molecule has 49 heavy (non-hydrogen) atoms. The molecule has 1 heterocycles. The minimum Gasteiger partial charge on any atom is -0.377 e. The monoisotopic (exact) mass is 689 g/mol. The van der Waals surface area contributed by atoms with E-state index in [1.165, 1.54) is 30.7 Å². The fraction of sp³-hybridized carbons (Fsp3) is 0.526. The molecule has 2 aromatic carbocycles. The standard InChI is InChI=1S/C38H53N6O4S/c1-8-10-18-44(6,7)19-20-45-21-22-46-23-24-47-25-26-48-35(32-14-12-11-13-15-32)29-43(9-2)33-16-17-34(30(3)27-33)41-42-38-37(40-5)31(4)36(28-39)49-38/h11-17,27,35H,8-10,18-26,29H2,1-4,6-7H3/q+1. The number of ether oxygens (including phenoxy) is 4. The van der Waals surface area contributed by atoms with Crippen molar-refractivity contribution in [3.63, 3.8) is 0 Å². The normalized spacial score (nSPS) is 12.2. The Morgan fingerprint density at radius 1 is 0.918 bits per heavy atom. The van der Waals surface area contributed by atoms with Gasteiger partial charge in [-0.2, -0.15) is 15.5 Å². The molecule has 0 aliphatic heterocycles. The molecule has 0 saturated carbocycles. The summed E-state index contributed by atoms with van der Waals surface area (Å²) in [5.74, 6) is 0. The molecule has 0 saturated heterocycles. The molecule has 264 valence electrons. The number of nitriles is 1. The molecule has 1 unspecified atom stereocenters. The van der Waals surface area contributed by atoms with E-state index in [2.05, 4.69) is 72.2 Å². The second kappa shape index (κ2) is 21.4. The molecular formula is C38H53N6O4S+. The minimum absolute atomic E-state index is 0.146. The highest BCUT2D eigenvalue weighted by molar-refractivity contribution is 7.17. The number of azo groups is 1. The third-order valence-electron chi connectivity index (χ3n) is 8.29. The Kier molecular flexibility index (Phi) is 17.4. The number of nitrogens with zero attached hydrogens (tertiary/aromatic N) is 6. The third kappa shape index (κ3) is 13.3. The van der Waals surface area contributed by atoms with E-state index in [0.29, 0.717) is 73.0 Å². The van der Waals surface area contributed by atoms with E-state index in [9.17, 15) is 5.26 Å². The number of quaternary nitrogens is 1. The summed E-state index contributed by atoms with van der Waals surface area (Å²) < 4.78 is 24.6. The summed E-state index contributed by atoms with van der Waals surface area (Å²) in [6.45, 7) is 23.1. The Bertz CT molecular complexity index is 1530. The predicted molar refractivity (Wildman–Crippen MR) is 198 cm³/mol. The molecule has 10 nitrogen and oxygen atoms in total. The van der Waals surface area contributed by atoms with Crippen LogP contribution in [0, 0.1) is 31.8 Å². The van der Waals surface area contributed by atoms with Gasteiger partial charge in [0.1, 0.15) is 23.7 Å². The van der Waals surface area contributed by atoms with E-state index < -0.39 is 0 Å². The Labute approximate surface area is 297 Å². The van der Waals surface area contributed by atoms with Gasteiger partial charge in [-0.1, -0.05) is 43.7 Å². The van der Waals surface area contributed by atoms with Gasteiger partial charge in [0, 0.05) is 18.8 Å². The van der Waals surface area contributed by atoms with E-state index in [0.717, 1.165) is 41.0 Å². The number of anilines is 1.